The lowest BCUT2D eigenvalue weighted by Gasteiger charge is -2.24. The molecular weight excluding hydrogens is 268 g/mol. The second-order valence-corrected chi connectivity index (χ2v) is 4.97. The third-order valence-corrected chi connectivity index (χ3v) is 3.47. The molecule has 0 aromatic heterocycles. The monoisotopic (exact) mass is 282 g/mol. The first-order valence-corrected chi connectivity index (χ1v) is 6.73. The number of nitrogens with one attached hydrogen (secondary N) is 2. The molecule has 0 saturated carbocycles. The fourth-order valence-corrected chi connectivity index (χ4v) is 2.56. The maximum atomic E-state index is 11.9. The number of carbonyl (C=O) groups excluding carboxylic acids is 1. The van der Waals surface area contributed by atoms with Crippen LogP contribution < -0.4 is 20.1 Å². The SMILES string of the molecule is O=C1NCCNC1c1cc(Cl)c2c(c1)OCCCO2. The van der Waals surface area contributed by atoms with E-state index in [1.807, 2.05) is 6.07 Å². The molecule has 2 heterocycles. The molecule has 3 rings (SSSR count). The molecule has 1 aromatic carbocycles. The van der Waals surface area contributed by atoms with Crippen molar-refractivity contribution in [2.75, 3.05) is 26.3 Å². The second kappa shape index (κ2) is 5.27. The topological polar surface area (TPSA) is 59.6 Å². The molecular formula is C13H15ClN2O3. The molecule has 102 valence electrons. The summed E-state index contributed by atoms with van der Waals surface area (Å²) in [6.45, 7) is 2.57. The van der Waals surface area contributed by atoms with Gasteiger partial charge in [0.2, 0.25) is 5.91 Å². The lowest BCUT2D eigenvalue weighted by molar-refractivity contribution is -0.124. The van der Waals surface area contributed by atoms with Crippen LogP contribution in [-0.4, -0.2) is 32.2 Å². The van der Waals surface area contributed by atoms with Crippen molar-refractivity contribution in [3.8, 4) is 11.5 Å². The van der Waals surface area contributed by atoms with Crippen LogP contribution in [0.4, 0.5) is 0 Å². The Balaban J connectivity index is 1.96. The largest absolute Gasteiger partial charge is 0.489 e. The van der Waals surface area contributed by atoms with E-state index >= 15 is 0 Å². The average molecular weight is 283 g/mol. The van der Waals surface area contributed by atoms with Crippen molar-refractivity contribution in [2.24, 2.45) is 0 Å². The summed E-state index contributed by atoms with van der Waals surface area (Å²) < 4.78 is 11.2. The standard InChI is InChI=1S/C13H15ClN2O3/c14-9-6-8(11-13(17)16-3-2-15-11)7-10-12(9)19-5-1-4-18-10/h6-7,11,15H,1-5H2,(H,16,17). The Morgan fingerprint density at radius 1 is 1.21 bits per heavy atom. The van der Waals surface area contributed by atoms with Crippen LogP contribution in [-0.2, 0) is 4.79 Å². The molecule has 0 bridgehead atoms. The third kappa shape index (κ3) is 2.48. The molecule has 0 radical (unpaired) electrons. The van der Waals surface area contributed by atoms with Gasteiger partial charge in [-0.15, -0.1) is 0 Å². The Morgan fingerprint density at radius 3 is 2.89 bits per heavy atom. The number of piperazine rings is 1. The van der Waals surface area contributed by atoms with Gasteiger partial charge in [0.25, 0.3) is 0 Å². The smallest absolute Gasteiger partial charge is 0.241 e. The molecule has 1 aromatic rings. The summed E-state index contributed by atoms with van der Waals surface area (Å²) in [6, 6.07) is 3.20. The lowest BCUT2D eigenvalue weighted by Crippen LogP contribution is -2.47. The van der Waals surface area contributed by atoms with Crippen LogP contribution in [0.3, 0.4) is 0 Å². The van der Waals surface area contributed by atoms with E-state index in [0.29, 0.717) is 36.3 Å². The van der Waals surface area contributed by atoms with E-state index in [9.17, 15) is 4.79 Å². The minimum Gasteiger partial charge on any atom is -0.489 e. The fourth-order valence-electron chi connectivity index (χ4n) is 2.28. The molecule has 1 amide bonds. The molecule has 1 unspecified atom stereocenters. The molecule has 1 atom stereocenters. The summed E-state index contributed by atoms with van der Waals surface area (Å²) in [6.07, 6.45) is 0.822. The number of amides is 1. The molecule has 0 spiro atoms. The molecule has 0 aliphatic carbocycles. The number of hydrogen-bond donors (Lipinski definition) is 2. The Labute approximate surface area is 116 Å². The van der Waals surface area contributed by atoms with Crippen molar-refractivity contribution in [3.63, 3.8) is 0 Å². The van der Waals surface area contributed by atoms with Gasteiger partial charge in [0, 0.05) is 19.5 Å². The van der Waals surface area contributed by atoms with Crippen molar-refractivity contribution >= 4 is 17.5 Å². The van der Waals surface area contributed by atoms with Crippen molar-refractivity contribution in [1.29, 1.82) is 0 Å². The molecule has 6 heteroatoms. The van der Waals surface area contributed by atoms with E-state index in [2.05, 4.69) is 10.6 Å². The molecule has 2 aliphatic rings. The number of fused-ring (bicyclic) bond motifs is 1. The van der Waals surface area contributed by atoms with Gasteiger partial charge in [-0.05, 0) is 17.7 Å². The van der Waals surface area contributed by atoms with Crippen LogP contribution in [0, 0.1) is 0 Å². The van der Waals surface area contributed by atoms with Crippen LogP contribution in [0.15, 0.2) is 12.1 Å². The van der Waals surface area contributed by atoms with Gasteiger partial charge in [-0.25, -0.2) is 0 Å². The summed E-state index contributed by atoms with van der Waals surface area (Å²) in [5.74, 6) is 1.14. The van der Waals surface area contributed by atoms with Crippen LogP contribution in [0.5, 0.6) is 11.5 Å². The van der Waals surface area contributed by atoms with E-state index in [1.54, 1.807) is 6.07 Å². The Morgan fingerprint density at radius 2 is 2.05 bits per heavy atom. The number of benzene rings is 1. The normalized spacial score (nSPS) is 22.6. The predicted molar refractivity (Wildman–Crippen MR) is 70.8 cm³/mol. The third-order valence-electron chi connectivity index (χ3n) is 3.19. The highest BCUT2D eigenvalue weighted by atomic mass is 35.5. The first-order chi connectivity index (χ1) is 9.25. The summed E-state index contributed by atoms with van der Waals surface area (Å²) in [4.78, 5) is 11.9. The van der Waals surface area contributed by atoms with Crippen LogP contribution >= 0.6 is 11.6 Å². The van der Waals surface area contributed by atoms with Crippen molar-refractivity contribution in [2.45, 2.75) is 12.5 Å². The number of halogens is 1. The van der Waals surface area contributed by atoms with Gasteiger partial charge in [-0.1, -0.05) is 11.6 Å². The Kier molecular flexibility index (Phi) is 3.48. The van der Waals surface area contributed by atoms with Gasteiger partial charge in [0.15, 0.2) is 11.5 Å². The second-order valence-electron chi connectivity index (χ2n) is 4.56. The average Bonchev–Trinajstić information content (AvgIpc) is 2.65. The highest BCUT2D eigenvalue weighted by Gasteiger charge is 2.26. The van der Waals surface area contributed by atoms with E-state index in [-0.39, 0.29) is 11.9 Å². The minimum atomic E-state index is -0.386. The quantitative estimate of drug-likeness (QED) is 0.814. The van der Waals surface area contributed by atoms with Gasteiger partial charge in [-0.3, -0.25) is 4.79 Å². The molecule has 2 aliphatic heterocycles. The molecule has 1 saturated heterocycles. The Bertz CT molecular complexity index is 507. The summed E-state index contributed by atoms with van der Waals surface area (Å²) in [7, 11) is 0. The van der Waals surface area contributed by atoms with Gasteiger partial charge in [-0.2, -0.15) is 0 Å². The highest BCUT2D eigenvalue weighted by molar-refractivity contribution is 6.32. The summed E-state index contributed by atoms with van der Waals surface area (Å²) in [5, 5.41) is 6.47. The van der Waals surface area contributed by atoms with Crippen molar-refractivity contribution < 1.29 is 14.3 Å². The van der Waals surface area contributed by atoms with Crippen molar-refractivity contribution in [1.82, 2.24) is 10.6 Å². The Hall–Kier alpha value is -1.46. The number of rotatable bonds is 1. The van der Waals surface area contributed by atoms with Gasteiger partial charge in [0.05, 0.1) is 18.2 Å². The molecule has 2 N–H and O–H groups in total. The summed E-state index contributed by atoms with van der Waals surface area (Å²) in [5.41, 5.74) is 0.798. The van der Waals surface area contributed by atoms with Crippen LogP contribution in [0.1, 0.15) is 18.0 Å². The zero-order chi connectivity index (χ0) is 13.2. The summed E-state index contributed by atoms with van der Waals surface area (Å²) >= 11 is 6.22. The zero-order valence-corrected chi connectivity index (χ0v) is 11.1. The number of ether oxygens (including phenoxy) is 2. The van der Waals surface area contributed by atoms with Gasteiger partial charge < -0.3 is 20.1 Å². The first-order valence-electron chi connectivity index (χ1n) is 6.36. The van der Waals surface area contributed by atoms with Crippen molar-refractivity contribution in [3.05, 3.63) is 22.7 Å². The maximum Gasteiger partial charge on any atom is 0.241 e. The minimum absolute atomic E-state index is 0.0446. The van der Waals surface area contributed by atoms with E-state index in [0.717, 1.165) is 18.5 Å². The van der Waals surface area contributed by atoms with Gasteiger partial charge in [0.1, 0.15) is 6.04 Å². The van der Waals surface area contributed by atoms with Crippen LogP contribution in [0.25, 0.3) is 0 Å². The van der Waals surface area contributed by atoms with Crippen LogP contribution in [0.2, 0.25) is 5.02 Å². The predicted octanol–water partition coefficient (Wildman–Crippen LogP) is 1.26. The molecule has 1 fully saturated rings. The van der Waals surface area contributed by atoms with Gasteiger partial charge >= 0.3 is 0 Å². The maximum absolute atomic E-state index is 11.9. The number of carbonyl (C=O) groups is 1. The van der Waals surface area contributed by atoms with E-state index in [4.69, 9.17) is 21.1 Å². The lowest BCUT2D eigenvalue weighted by atomic mass is 10.0. The molecule has 5 nitrogen and oxygen atoms in total. The van der Waals surface area contributed by atoms with E-state index < -0.39 is 0 Å². The highest BCUT2D eigenvalue weighted by Crippen LogP contribution is 2.39. The number of hydrogen-bond acceptors (Lipinski definition) is 4. The first kappa shape index (κ1) is 12.6. The van der Waals surface area contributed by atoms with E-state index in [1.165, 1.54) is 0 Å². The zero-order valence-electron chi connectivity index (χ0n) is 10.4. The molecule has 19 heavy (non-hydrogen) atoms. The fraction of sp³-hybridized carbons (Fsp3) is 0.462.